The summed E-state index contributed by atoms with van der Waals surface area (Å²) < 4.78 is 5.53. The highest BCUT2D eigenvalue weighted by atomic mass is 16.6. The van der Waals surface area contributed by atoms with Gasteiger partial charge in [0.2, 0.25) is 5.82 Å². The van der Waals surface area contributed by atoms with E-state index in [2.05, 4.69) is 18.7 Å². The van der Waals surface area contributed by atoms with Crippen LogP contribution in [0.5, 0.6) is 0 Å². The predicted octanol–water partition coefficient (Wildman–Crippen LogP) is 5.84. The summed E-state index contributed by atoms with van der Waals surface area (Å²) in [6.45, 7) is 7.66. The zero-order valence-corrected chi connectivity index (χ0v) is 20.5. The standard InChI is InChI=1S/C28H34N4O3/c1-3-31(22(2)25-14-16-35-17-15-25)26-18-27(32(33)34)28(29-19-26)30(20-23-10-6-4-7-11-23)21-24-12-8-5-9-13-24/h4-13,18-19,22,25H,3,14-17,20-21H2,1-2H3/t22-/m1/s1. The predicted molar refractivity (Wildman–Crippen MR) is 140 cm³/mol. The van der Waals surface area contributed by atoms with Crippen molar-refractivity contribution in [3.05, 3.63) is 94.2 Å². The molecule has 7 heteroatoms. The third-order valence-corrected chi connectivity index (χ3v) is 6.87. The van der Waals surface area contributed by atoms with Crippen molar-refractivity contribution < 1.29 is 9.66 Å². The third kappa shape index (κ3) is 6.17. The number of hydrogen-bond acceptors (Lipinski definition) is 6. The Morgan fingerprint density at radius 3 is 2.11 bits per heavy atom. The Bertz CT molecular complexity index is 1050. The Labute approximate surface area is 207 Å². The van der Waals surface area contributed by atoms with Gasteiger partial charge in [0.15, 0.2) is 0 Å². The summed E-state index contributed by atoms with van der Waals surface area (Å²) in [4.78, 5) is 20.9. The van der Waals surface area contributed by atoms with Gasteiger partial charge in [0.05, 0.1) is 16.8 Å². The number of nitro groups is 1. The van der Waals surface area contributed by atoms with Gasteiger partial charge in [-0.1, -0.05) is 60.7 Å². The van der Waals surface area contributed by atoms with Gasteiger partial charge in [0.1, 0.15) is 0 Å². The molecule has 35 heavy (non-hydrogen) atoms. The molecule has 0 spiro atoms. The molecule has 7 nitrogen and oxygen atoms in total. The summed E-state index contributed by atoms with van der Waals surface area (Å²) in [7, 11) is 0. The molecule has 1 aliphatic heterocycles. The maximum absolute atomic E-state index is 12.3. The van der Waals surface area contributed by atoms with Crippen LogP contribution in [0.25, 0.3) is 0 Å². The van der Waals surface area contributed by atoms with Crippen molar-refractivity contribution in [1.82, 2.24) is 4.98 Å². The number of pyridine rings is 1. The van der Waals surface area contributed by atoms with Crippen molar-refractivity contribution in [2.45, 2.75) is 45.8 Å². The van der Waals surface area contributed by atoms with Crippen LogP contribution < -0.4 is 9.80 Å². The van der Waals surface area contributed by atoms with Gasteiger partial charge < -0.3 is 14.5 Å². The molecule has 3 aromatic rings. The molecule has 0 N–H and O–H groups in total. The molecule has 1 aromatic heterocycles. The van der Waals surface area contributed by atoms with Crippen LogP contribution in [0, 0.1) is 16.0 Å². The zero-order valence-electron chi connectivity index (χ0n) is 20.5. The third-order valence-electron chi connectivity index (χ3n) is 6.87. The maximum atomic E-state index is 12.3. The fourth-order valence-corrected chi connectivity index (χ4v) is 4.94. The minimum absolute atomic E-state index is 0.0342. The van der Waals surface area contributed by atoms with Crippen LogP contribution in [-0.2, 0) is 17.8 Å². The summed E-state index contributed by atoms with van der Waals surface area (Å²) in [5.74, 6) is 0.885. The normalized spacial score (nSPS) is 14.9. The van der Waals surface area contributed by atoms with Crippen molar-refractivity contribution in [1.29, 1.82) is 0 Å². The molecule has 2 heterocycles. The SMILES string of the molecule is CCN(c1cnc(N(Cc2ccccc2)Cc2ccccc2)c([N+](=O)[O-])c1)[C@H](C)C1CCOCC1. The number of ether oxygens (including phenoxy) is 1. The van der Waals surface area contributed by atoms with E-state index in [1.165, 1.54) is 0 Å². The van der Waals surface area contributed by atoms with E-state index in [1.807, 2.05) is 65.6 Å². The smallest absolute Gasteiger partial charge is 0.313 e. The highest BCUT2D eigenvalue weighted by Crippen LogP contribution is 2.34. The van der Waals surface area contributed by atoms with Gasteiger partial charge in [-0.05, 0) is 43.7 Å². The van der Waals surface area contributed by atoms with E-state index in [0.29, 0.717) is 24.8 Å². The average molecular weight is 475 g/mol. The van der Waals surface area contributed by atoms with Crippen molar-refractivity contribution >= 4 is 17.2 Å². The van der Waals surface area contributed by atoms with E-state index in [4.69, 9.17) is 9.72 Å². The second-order valence-electron chi connectivity index (χ2n) is 9.10. The number of benzene rings is 2. The lowest BCUT2D eigenvalue weighted by Gasteiger charge is -2.37. The van der Waals surface area contributed by atoms with Crippen LogP contribution in [0.3, 0.4) is 0 Å². The molecule has 1 aliphatic rings. The fraction of sp³-hybridized carbons (Fsp3) is 0.393. The summed E-state index contributed by atoms with van der Waals surface area (Å²) >= 11 is 0. The summed E-state index contributed by atoms with van der Waals surface area (Å²) in [6.07, 6.45) is 3.81. The summed E-state index contributed by atoms with van der Waals surface area (Å²) in [6, 6.07) is 22.0. The van der Waals surface area contributed by atoms with E-state index in [0.717, 1.165) is 49.4 Å². The quantitative estimate of drug-likeness (QED) is 0.272. The lowest BCUT2D eigenvalue weighted by atomic mass is 9.91. The summed E-state index contributed by atoms with van der Waals surface area (Å²) in [5.41, 5.74) is 2.98. The summed E-state index contributed by atoms with van der Waals surface area (Å²) in [5, 5.41) is 12.3. The van der Waals surface area contributed by atoms with E-state index >= 15 is 0 Å². The highest BCUT2D eigenvalue weighted by molar-refractivity contribution is 5.65. The maximum Gasteiger partial charge on any atom is 0.313 e. The molecule has 0 amide bonds. The van der Waals surface area contributed by atoms with E-state index in [9.17, 15) is 10.1 Å². The molecule has 0 radical (unpaired) electrons. The first-order valence-electron chi connectivity index (χ1n) is 12.4. The zero-order chi connectivity index (χ0) is 24.6. The Balaban J connectivity index is 1.68. The van der Waals surface area contributed by atoms with Gasteiger partial charge >= 0.3 is 5.69 Å². The van der Waals surface area contributed by atoms with Crippen molar-refractivity contribution in [2.75, 3.05) is 29.6 Å². The molecule has 0 saturated carbocycles. The molecule has 0 unspecified atom stereocenters. The van der Waals surface area contributed by atoms with E-state index in [1.54, 1.807) is 12.3 Å². The Morgan fingerprint density at radius 2 is 1.60 bits per heavy atom. The fourth-order valence-electron chi connectivity index (χ4n) is 4.94. The first-order chi connectivity index (χ1) is 17.1. The van der Waals surface area contributed by atoms with Crippen LogP contribution in [-0.4, -0.2) is 35.7 Å². The molecular formula is C28H34N4O3. The van der Waals surface area contributed by atoms with Crippen LogP contribution in [0.4, 0.5) is 17.2 Å². The molecule has 1 fully saturated rings. The first-order valence-corrected chi connectivity index (χ1v) is 12.4. The lowest BCUT2D eigenvalue weighted by Crippen LogP contribution is -2.41. The molecule has 0 aliphatic carbocycles. The minimum Gasteiger partial charge on any atom is -0.381 e. The van der Waals surface area contributed by atoms with Gasteiger partial charge in [0, 0.05) is 45.0 Å². The topological polar surface area (TPSA) is 71.7 Å². The monoisotopic (exact) mass is 474 g/mol. The van der Waals surface area contributed by atoms with Gasteiger partial charge in [0.25, 0.3) is 0 Å². The van der Waals surface area contributed by atoms with Gasteiger partial charge in [-0.2, -0.15) is 0 Å². The van der Waals surface area contributed by atoms with Crippen LogP contribution >= 0.6 is 0 Å². The number of aromatic nitrogens is 1. The number of hydrogen-bond donors (Lipinski definition) is 0. The van der Waals surface area contributed by atoms with Crippen molar-refractivity contribution in [2.24, 2.45) is 5.92 Å². The largest absolute Gasteiger partial charge is 0.381 e. The molecule has 1 saturated heterocycles. The van der Waals surface area contributed by atoms with Gasteiger partial charge in [-0.15, -0.1) is 0 Å². The second kappa shape index (κ2) is 11.8. The lowest BCUT2D eigenvalue weighted by molar-refractivity contribution is -0.384. The number of anilines is 2. The van der Waals surface area contributed by atoms with E-state index in [-0.39, 0.29) is 16.7 Å². The Morgan fingerprint density at radius 1 is 1.03 bits per heavy atom. The Kier molecular flexibility index (Phi) is 8.32. The van der Waals surface area contributed by atoms with Crippen LogP contribution in [0.1, 0.15) is 37.8 Å². The first kappa shape index (κ1) is 24.7. The van der Waals surface area contributed by atoms with Crippen molar-refractivity contribution in [3.63, 3.8) is 0 Å². The van der Waals surface area contributed by atoms with Gasteiger partial charge in [-0.25, -0.2) is 4.98 Å². The van der Waals surface area contributed by atoms with Crippen LogP contribution in [0.15, 0.2) is 72.9 Å². The molecule has 1 atom stereocenters. The van der Waals surface area contributed by atoms with Gasteiger partial charge in [-0.3, -0.25) is 10.1 Å². The van der Waals surface area contributed by atoms with Crippen LogP contribution in [0.2, 0.25) is 0 Å². The molecular weight excluding hydrogens is 440 g/mol. The van der Waals surface area contributed by atoms with E-state index < -0.39 is 0 Å². The second-order valence-corrected chi connectivity index (χ2v) is 9.10. The average Bonchev–Trinajstić information content (AvgIpc) is 2.90. The molecule has 4 rings (SSSR count). The highest BCUT2D eigenvalue weighted by Gasteiger charge is 2.28. The number of nitrogens with zero attached hydrogens (tertiary/aromatic N) is 4. The molecule has 0 bridgehead atoms. The van der Waals surface area contributed by atoms with Crippen molar-refractivity contribution in [3.8, 4) is 0 Å². The molecule has 2 aromatic carbocycles. The Hall–Kier alpha value is -3.45. The minimum atomic E-state index is -0.304. The number of rotatable bonds is 10. The molecule has 184 valence electrons.